The van der Waals surface area contributed by atoms with Crippen LogP contribution >= 0.6 is 0 Å². The number of rotatable bonds is 6. The lowest BCUT2D eigenvalue weighted by Crippen LogP contribution is -2.34. The molecule has 0 fully saturated rings. The highest BCUT2D eigenvalue weighted by molar-refractivity contribution is 5.93. The molecule has 0 bridgehead atoms. The van der Waals surface area contributed by atoms with Crippen LogP contribution in [0.2, 0.25) is 0 Å². The SMILES string of the molecule is CCCC(c1ccc(CC)cc1)C1Cc2ccc(C(C)O)c(F)c2C(=O)O1. The van der Waals surface area contributed by atoms with E-state index in [0.29, 0.717) is 12.0 Å². The molecule has 1 N–H and O–H groups in total. The van der Waals surface area contributed by atoms with E-state index in [1.165, 1.54) is 12.5 Å². The molecule has 1 aliphatic heterocycles. The summed E-state index contributed by atoms with van der Waals surface area (Å²) in [6.45, 7) is 5.72. The highest BCUT2D eigenvalue weighted by atomic mass is 19.1. The van der Waals surface area contributed by atoms with Crippen molar-refractivity contribution in [1.82, 2.24) is 0 Å². The number of cyclic esters (lactones) is 1. The van der Waals surface area contributed by atoms with Gasteiger partial charge in [-0.2, -0.15) is 0 Å². The summed E-state index contributed by atoms with van der Waals surface area (Å²) in [7, 11) is 0. The minimum Gasteiger partial charge on any atom is -0.458 e. The number of ether oxygens (including phenoxy) is 1. The van der Waals surface area contributed by atoms with Gasteiger partial charge in [0.15, 0.2) is 0 Å². The largest absolute Gasteiger partial charge is 0.458 e. The first-order valence-corrected chi connectivity index (χ1v) is 9.75. The van der Waals surface area contributed by atoms with Gasteiger partial charge in [0.1, 0.15) is 11.9 Å². The third kappa shape index (κ3) is 3.91. The molecule has 0 radical (unpaired) electrons. The maximum absolute atomic E-state index is 14.7. The van der Waals surface area contributed by atoms with E-state index in [0.717, 1.165) is 24.8 Å². The number of aliphatic hydroxyl groups excluding tert-OH is 1. The third-order valence-corrected chi connectivity index (χ3v) is 5.46. The molecule has 0 saturated heterocycles. The molecule has 3 rings (SSSR count). The van der Waals surface area contributed by atoms with E-state index in [1.54, 1.807) is 12.1 Å². The monoisotopic (exact) mass is 370 g/mol. The molecular weight excluding hydrogens is 343 g/mol. The Labute approximate surface area is 160 Å². The Morgan fingerprint density at radius 2 is 1.89 bits per heavy atom. The normalized spacial score (nSPS) is 18.6. The molecule has 4 heteroatoms. The lowest BCUT2D eigenvalue weighted by Gasteiger charge is -2.32. The average molecular weight is 370 g/mol. The predicted octanol–water partition coefficient (Wildman–Crippen LogP) is 5.11. The zero-order chi connectivity index (χ0) is 19.6. The number of aliphatic hydroxyl groups is 1. The number of hydrogen-bond acceptors (Lipinski definition) is 3. The highest BCUT2D eigenvalue weighted by Crippen LogP contribution is 2.35. The van der Waals surface area contributed by atoms with Crippen LogP contribution < -0.4 is 0 Å². The summed E-state index contributed by atoms with van der Waals surface area (Å²) in [5.41, 5.74) is 3.18. The van der Waals surface area contributed by atoms with Gasteiger partial charge in [-0.15, -0.1) is 0 Å². The van der Waals surface area contributed by atoms with Gasteiger partial charge >= 0.3 is 5.97 Å². The number of benzene rings is 2. The van der Waals surface area contributed by atoms with E-state index in [1.807, 2.05) is 0 Å². The minimum absolute atomic E-state index is 0.0266. The molecule has 144 valence electrons. The van der Waals surface area contributed by atoms with Gasteiger partial charge in [0.2, 0.25) is 0 Å². The van der Waals surface area contributed by atoms with Crippen molar-refractivity contribution in [3.63, 3.8) is 0 Å². The number of esters is 1. The fourth-order valence-electron chi connectivity index (χ4n) is 3.90. The van der Waals surface area contributed by atoms with E-state index in [9.17, 15) is 14.3 Å². The van der Waals surface area contributed by atoms with Crippen molar-refractivity contribution >= 4 is 5.97 Å². The van der Waals surface area contributed by atoms with Crippen molar-refractivity contribution in [3.05, 3.63) is 70.0 Å². The number of fused-ring (bicyclic) bond motifs is 1. The molecule has 0 saturated carbocycles. The molecule has 0 spiro atoms. The first kappa shape index (κ1) is 19.6. The number of hydrogen-bond donors (Lipinski definition) is 1. The van der Waals surface area contributed by atoms with Gasteiger partial charge in [-0.05, 0) is 36.5 Å². The molecule has 3 atom stereocenters. The van der Waals surface area contributed by atoms with Gasteiger partial charge in [0, 0.05) is 17.9 Å². The summed E-state index contributed by atoms with van der Waals surface area (Å²) in [4.78, 5) is 12.6. The number of halogens is 1. The molecule has 0 aromatic heterocycles. The van der Waals surface area contributed by atoms with Crippen molar-refractivity contribution in [2.45, 2.75) is 64.6 Å². The van der Waals surface area contributed by atoms with Crippen LogP contribution in [-0.4, -0.2) is 17.2 Å². The first-order chi connectivity index (χ1) is 13.0. The Hall–Kier alpha value is -2.20. The maximum atomic E-state index is 14.7. The van der Waals surface area contributed by atoms with Gasteiger partial charge in [0.25, 0.3) is 0 Å². The van der Waals surface area contributed by atoms with Crippen LogP contribution in [0.25, 0.3) is 0 Å². The van der Waals surface area contributed by atoms with E-state index in [-0.39, 0.29) is 23.1 Å². The standard InChI is InChI=1S/C23H27FO3/c1-4-6-19(16-9-7-15(5-2)8-10-16)20-13-17-11-12-18(14(3)25)22(24)21(17)23(26)27-20/h7-12,14,19-20,25H,4-6,13H2,1-3H3. The van der Waals surface area contributed by atoms with Crippen molar-refractivity contribution in [3.8, 4) is 0 Å². The molecule has 1 heterocycles. The van der Waals surface area contributed by atoms with Crippen molar-refractivity contribution in [1.29, 1.82) is 0 Å². The second-order valence-corrected chi connectivity index (χ2v) is 7.32. The highest BCUT2D eigenvalue weighted by Gasteiger charge is 2.35. The summed E-state index contributed by atoms with van der Waals surface area (Å²) in [5, 5.41) is 9.70. The summed E-state index contributed by atoms with van der Waals surface area (Å²) < 4.78 is 20.4. The predicted molar refractivity (Wildman–Crippen MR) is 103 cm³/mol. The van der Waals surface area contributed by atoms with Gasteiger partial charge in [-0.1, -0.05) is 56.7 Å². The fraction of sp³-hybridized carbons (Fsp3) is 0.435. The molecule has 0 aliphatic carbocycles. The van der Waals surface area contributed by atoms with E-state index in [2.05, 4.69) is 38.1 Å². The minimum atomic E-state index is -0.967. The van der Waals surface area contributed by atoms with Crippen LogP contribution in [0.1, 0.15) is 78.2 Å². The van der Waals surface area contributed by atoms with Gasteiger partial charge in [0.05, 0.1) is 11.7 Å². The van der Waals surface area contributed by atoms with Crippen LogP contribution in [0.4, 0.5) is 4.39 Å². The number of carbonyl (C=O) groups excluding carboxylic acids is 1. The quantitative estimate of drug-likeness (QED) is 0.719. The third-order valence-electron chi connectivity index (χ3n) is 5.46. The molecule has 0 amide bonds. The van der Waals surface area contributed by atoms with Gasteiger partial charge in [-0.3, -0.25) is 0 Å². The Morgan fingerprint density at radius 3 is 2.48 bits per heavy atom. The Morgan fingerprint density at radius 1 is 1.19 bits per heavy atom. The second kappa shape index (κ2) is 8.22. The van der Waals surface area contributed by atoms with Crippen molar-refractivity contribution < 1.29 is 19.0 Å². The van der Waals surface area contributed by atoms with Crippen molar-refractivity contribution in [2.24, 2.45) is 0 Å². The summed E-state index contributed by atoms with van der Waals surface area (Å²) in [5.74, 6) is -1.21. The van der Waals surface area contributed by atoms with Crippen LogP contribution in [0.15, 0.2) is 36.4 Å². The average Bonchev–Trinajstić information content (AvgIpc) is 2.65. The zero-order valence-electron chi connectivity index (χ0n) is 16.2. The van der Waals surface area contributed by atoms with Crippen LogP contribution in [0.5, 0.6) is 0 Å². The number of carbonyl (C=O) groups is 1. The Bertz CT molecular complexity index is 811. The maximum Gasteiger partial charge on any atom is 0.341 e. The zero-order valence-corrected chi connectivity index (χ0v) is 16.2. The molecule has 3 nitrogen and oxygen atoms in total. The van der Waals surface area contributed by atoms with Crippen LogP contribution in [0.3, 0.4) is 0 Å². The smallest absolute Gasteiger partial charge is 0.341 e. The van der Waals surface area contributed by atoms with E-state index >= 15 is 0 Å². The first-order valence-electron chi connectivity index (χ1n) is 9.75. The topological polar surface area (TPSA) is 46.5 Å². The number of aryl methyl sites for hydroxylation is 1. The lowest BCUT2D eigenvalue weighted by atomic mass is 9.83. The molecule has 3 unspecified atom stereocenters. The molecule has 1 aliphatic rings. The molecule has 2 aromatic carbocycles. The van der Waals surface area contributed by atoms with E-state index in [4.69, 9.17) is 4.74 Å². The fourth-order valence-corrected chi connectivity index (χ4v) is 3.90. The van der Waals surface area contributed by atoms with E-state index < -0.39 is 17.9 Å². The second-order valence-electron chi connectivity index (χ2n) is 7.32. The molecule has 27 heavy (non-hydrogen) atoms. The van der Waals surface area contributed by atoms with Gasteiger partial charge in [-0.25, -0.2) is 9.18 Å². The lowest BCUT2D eigenvalue weighted by molar-refractivity contribution is 0.0168. The molecule has 2 aromatic rings. The molecular formula is C23H27FO3. The van der Waals surface area contributed by atoms with Crippen molar-refractivity contribution in [2.75, 3.05) is 0 Å². The Kier molecular flexibility index (Phi) is 5.95. The summed E-state index contributed by atoms with van der Waals surface area (Å²) >= 11 is 0. The van der Waals surface area contributed by atoms with Crippen LogP contribution in [-0.2, 0) is 17.6 Å². The van der Waals surface area contributed by atoms with Gasteiger partial charge < -0.3 is 9.84 Å². The van der Waals surface area contributed by atoms with Crippen LogP contribution in [0, 0.1) is 5.82 Å². The summed E-state index contributed by atoms with van der Waals surface area (Å²) in [6.07, 6.45) is 2.05. The summed E-state index contributed by atoms with van der Waals surface area (Å²) in [6, 6.07) is 11.8. The Balaban J connectivity index is 1.93.